The lowest BCUT2D eigenvalue weighted by Crippen LogP contribution is -2.31. The standard InChI is InChI=1S/C20H25N3OS/c1-14-3-5-17(21)12-18(14)20(24)22-19-6-4-16(11-15(19)2)13-23-7-9-25-10-8-23/h3-6,11-12H,7-10,13,21H2,1-2H3,(H,22,24). The number of carbonyl (C=O) groups is 1. The molecule has 4 nitrogen and oxygen atoms in total. The third kappa shape index (κ3) is 4.55. The van der Waals surface area contributed by atoms with Gasteiger partial charge in [-0.2, -0.15) is 11.8 Å². The van der Waals surface area contributed by atoms with Crippen LogP contribution in [0, 0.1) is 13.8 Å². The van der Waals surface area contributed by atoms with Gasteiger partial charge in [-0.1, -0.05) is 18.2 Å². The Bertz CT molecular complexity index is 770. The molecule has 0 atom stereocenters. The van der Waals surface area contributed by atoms with E-state index in [2.05, 4.69) is 22.3 Å². The third-order valence-corrected chi connectivity index (χ3v) is 5.50. The molecule has 0 aliphatic carbocycles. The van der Waals surface area contributed by atoms with Gasteiger partial charge in [0.05, 0.1) is 0 Å². The maximum Gasteiger partial charge on any atom is 0.256 e. The normalized spacial score (nSPS) is 15.1. The van der Waals surface area contributed by atoms with Gasteiger partial charge in [-0.05, 0) is 48.7 Å². The largest absolute Gasteiger partial charge is 0.399 e. The summed E-state index contributed by atoms with van der Waals surface area (Å²) in [5.74, 6) is 2.31. The highest BCUT2D eigenvalue weighted by Gasteiger charge is 2.13. The summed E-state index contributed by atoms with van der Waals surface area (Å²) in [4.78, 5) is 15.0. The minimum atomic E-state index is -0.117. The SMILES string of the molecule is Cc1cc(CN2CCSCC2)ccc1NC(=O)c1cc(N)ccc1C. The Morgan fingerprint density at radius 3 is 2.60 bits per heavy atom. The van der Waals surface area contributed by atoms with Crippen LogP contribution in [0.4, 0.5) is 11.4 Å². The smallest absolute Gasteiger partial charge is 0.256 e. The maximum absolute atomic E-state index is 12.6. The van der Waals surface area contributed by atoms with Gasteiger partial charge in [0, 0.05) is 48.1 Å². The lowest BCUT2D eigenvalue weighted by Gasteiger charge is -2.26. The molecule has 2 aromatic rings. The number of amides is 1. The van der Waals surface area contributed by atoms with Crippen molar-refractivity contribution in [2.75, 3.05) is 35.6 Å². The van der Waals surface area contributed by atoms with E-state index in [1.54, 1.807) is 6.07 Å². The van der Waals surface area contributed by atoms with Crippen LogP contribution in [0.2, 0.25) is 0 Å². The molecule has 1 heterocycles. The molecule has 0 aromatic heterocycles. The lowest BCUT2D eigenvalue weighted by atomic mass is 10.1. The molecule has 1 aliphatic rings. The number of anilines is 2. The van der Waals surface area contributed by atoms with E-state index in [0.717, 1.165) is 36.4 Å². The van der Waals surface area contributed by atoms with Crippen molar-refractivity contribution in [2.24, 2.45) is 0 Å². The highest BCUT2D eigenvalue weighted by molar-refractivity contribution is 7.99. The summed E-state index contributed by atoms with van der Waals surface area (Å²) in [6, 6.07) is 11.7. The molecule has 0 bridgehead atoms. The first-order chi connectivity index (χ1) is 12.0. The van der Waals surface area contributed by atoms with E-state index in [1.165, 1.54) is 17.1 Å². The monoisotopic (exact) mass is 355 g/mol. The Hall–Kier alpha value is -1.98. The first-order valence-electron chi connectivity index (χ1n) is 8.60. The van der Waals surface area contributed by atoms with Crippen LogP contribution in [0.25, 0.3) is 0 Å². The molecule has 3 N–H and O–H groups in total. The number of hydrogen-bond donors (Lipinski definition) is 2. The average molecular weight is 356 g/mol. The second-order valence-corrected chi connectivity index (χ2v) is 7.79. The number of carbonyl (C=O) groups excluding carboxylic acids is 1. The van der Waals surface area contributed by atoms with Crippen LogP contribution < -0.4 is 11.1 Å². The van der Waals surface area contributed by atoms with E-state index in [0.29, 0.717) is 11.3 Å². The zero-order chi connectivity index (χ0) is 17.8. The van der Waals surface area contributed by atoms with Crippen LogP contribution in [0.1, 0.15) is 27.0 Å². The molecule has 0 unspecified atom stereocenters. The molecule has 132 valence electrons. The van der Waals surface area contributed by atoms with Gasteiger partial charge in [0.25, 0.3) is 5.91 Å². The fourth-order valence-corrected chi connectivity index (χ4v) is 4.03. The molecule has 0 spiro atoms. The van der Waals surface area contributed by atoms with E-state index < -0.39 is 0 Å². The molecule has 1 amide bonds. The van der Waals surface area contributed by atoms with E-state index in [-0.39, 0.29) is 5.91 Å². The van der Waals surface area contributed by atoms with Crippen LogP contribution in [-0.4, -0.2) is 35.4 Å². The number of rotatable bonds is 4. The molecule has 1 saturated heterocycles. The Morgan fingerprint density at radius 2 is 1.88 bits per heavy atom. The van der Waals surface area contributed by atoms with Gasteiger partial charge in [-0.15, -0.1) is 0 Å². The highest BCUT2D eigenvalue weighted by Crippen LogP contribution is 2.21. The van der Waals surface area contributed by atoms with Gasteiger partial charge in [-0.25, -0.2) is 0 Å². The molecule has 1 aliphatic heterocycles. The van der Waals surface area contributed by atoms with Crippen LogP contribution in [0.5, 0.6) is 0 Å². The van der Waals surface area contributed by atoms with Gasteiger partial charge in [0.1, 0.15) is 0 Å². The predicted octanol–water partition coefficient (Wildman–Crippen LogP) is 3.69. The van der Waals surface area contributed by atoms with Gasteiger partial charge in [0.2, 0.25) is 0 Å². The molecule has 25 heavy (non-hydrogen) atoms. The van der Waals surface area contributed by atoms with Crippen molar-refractivity contribution in [3.63, 3.8) is 0 Å². The van der Waals surface area contributed by atoms with Crippen LogP contribution in [-0.2, 0) is 6.54 Å². The van der Waals surface area contributed by atoms with Gasteiger partial charge >= 0.3 is 0 Å². The molecule has 0 radical (unpaired) electrons. The summed E-state index contributed by atoms with van der Waals surface area (Å²) in [6.07, 6.45) is 0. The number of nitrogen functional groups attached to an aromatic ring is 1. The minimum Gasteiger partial charge on any atom is -0.399 e. The molecule has 3 rings (SSSR count). The topological polar surface area (TPSA) is 58.4 Å². The molecular weight excluding hydrogens is 330 g/mol. The van der Waals surface area contributed by atoms with E-state index in [1.807, 2.05) is 43.8 Å². The van der Waals surface area contributed by atoms with Crippen molar-refractivity contribution in [1.82, 2.24) is 4.90 Å². The molecule has 5 heteroatoms. The molecule has 2 aromatic carbocycles. The fourth-order valence-electron chi connectivity index (χ4n) is 3.06. The maximum atomic E-state index is 12.6. The molecule has 0 saturated carbocycles. The number of nitrogens with zero attached hydrogens (tertiary/aromatic N) is 1. The van der Waals surface area contributed by atoms with Crippen LogP contribution >= 0.6 is 11.8 Å². The summed E-state index contributed by atoms with van der Waals surface area (Å²) in [5, 5.41) is 3.01. The zero-order valence-electron chi connectivity index (χ0n) is 14.8. The van der Waals surface area contributed by atoms with Crippen molar-refractivity contribution in [1.29, 1.82) is 0 Å². The number of thioether (sulfide) groups is 1. The Balaban J connectivity index is 1.70. The summed E-state index contributed by atoms with van der Waals surface area (Å²) in [7, 11) is 0. The quantitative estimate of drug-likeness (QED) is 0.821. The number of nitrogens with one attached hydrogen (secondary N) is 1. The number of nitrogens with two attached hydrogens (primary N) is 1. The number of benzene rings is 2. The summed E-state index contributed by atoms with van der Waals surface area (Å²) < 4.78 is 0. The molecular formula is C20H25N3OS. The van der Waals surface area contributed by atoms with Crippen molar-refractivity contribution in [2.45, 2.75) is 20.4 Å². The Morgan fingerprint density at radius 1 is 1.12 bits per heavy atom. The second-order valence-electron chi connectivity index (χ2n) is 6.57. The van der Waals surface area contributed by atoms with E-state index in [4.69, 9.17) is 5.73 Å². The summed E-state index contributed by atoms with van der Waals surface area (Å²) in [6.45, 7) is 7.23. The fraction of sp³-hybridized carbons (Fsp3) is 0.350. The van der Waals surface area contributed by atoms with Gasteiger partial charge in [0.15, 0.2) is 0 Å². The first kappa shape index (κ1) is 17.8. The van der Waals surface area contributed by atoms with Gasteiger partial charge in [-0.3, -0.25) is 9.69 Å². The minimum absolute atomic E-state index is 0.117. The third-order valence-electron chi connectivity index (χ3n) is 4.56. The number of hydrogen-bond acceptors (Lipinski definition) is 4. The summed E-state index contributed by atoms with van der Waals surface area (Å²) in [5.41, 5.74) is 11.2. The molecule has 1 fully saturated rings. The number of aryl methyl sites for hydroxylation is 2. The second kappa shape index (κ2) is 7.93. The van der Waals surface area contributed by atoms with Crippen molar-refractivity contribution in [3.05, 3.63) is 58.7 Å². The Labute approximate surface area is 153 Å². The van der Waals surface area contributed by atoms with Gasteiger partial charge < -0.3 is 11.1 Å². The first-order valence-corrected chi connectivity index (χ1v) is 9.75. The van der Waals surface area contributed by atoms with E-state index >= 15 is 0 Å². The van der Waals surface area contributed by atoms with Crippen molar-refractivity contribution >= 4 is 29.0 Å². The van der Waals surface area contributed by atoms with E-state index in [9.17, 15) is 4.79 Å². The Kier molecular flexibility index (Phi) is 5.66. The van der Waals surface area contributed by atoms with Crippen molar-refractivity contribution < 1.29 is 4.79 Å². The highest BCUT2D eigenvalue weighted by atomic mass is 32.2. The van der Waals surface area contributed by atoms with Crippen molar-refractivity contribution in [3.8, 4) is 0 Å². The average Bonchev–Trinajstić information content (AvgIpc) is 2.60. The lowest BCUT2D eigenvalue weighted by molar-refractivity contribution is 0.102. The van der Waals surface area contributed by atoms with Crippen LogP contribution in [0.15, 0.2) is 36.4 Å². The van der Waals surface area contributed by atoms with Crippen LogP contribution in [0.3, 0.4) is 0 Å². The summed E-state index contributed by atoms with van der Waals surface area (Å²) >= 11 is 2.02. The zero-order valence-corrected chi connectivity index (χ0v) is 15.7. The predicted molar refractivity (Wildman–Crippen MR) is 107 cm³/mol.